The number of hydrogen-bond donors (Lipinski definition) is 1. The Morgan fingerprint density at radius 3 is 2.91 bits per heavy atom. The zero-order chi connectivity index (χ0) is 15.5. The van der Waals surface area contributed by atoms with Crippen LogP contribution in [0.2, 0.25) is 0 Å². The molecule has 0 radical (unpaired) electrons. The summed E-state index contributed by atoms with van der Waals surface area (Å²) in [5, 5.41) is 3.81. The minimum absolute atomic E-state index is 0.0969. The van der Waals surface area contributed by atoms with Crippen LogP contribution in [0.25, 0.3) is 11.0 Å². The van der Waals surface area contributed by atoms with E-state index < -0.39 is 0 Å². The minimum Gasteiger partial charge on any atom is -0.464 e. The second-order valence-electron chi connectivity index (χ2n) is 5.33. The van der Waals surface area contributed by atoms with Crippen molar-refractivity contribution in [2.24, 2.45) is 0 Å². The third kappa shape index (κ3) is 3.01. The average Bonchev–Trinajstić information content (AvgIpc) is 2.89. The molecule has 0 spiro atoms. The van der Waals surface area contributed by atoms with Gasteiger partial charge in [0.15, 0.2) is 0 Å². The predicted octanol–water partition coefficient (Wildman–Crippen LogP) is 3.88. The van der Waals surface area contributed by atoms with Crippen LogP contribution in [-0.2, 0) is 17.6 Å². The van der Waals surface area contributed by atoms with Gasteiger partial charge in [0, 0.05) is 16.6 Å². The number of benzene rings is 1. The lowest BCUT2D eigenvalue weighted by Crippen LogP contribution is -2.15. The van der Waals surface area contributed by atoms with Crippen molar-refractivity contribution in [3.63, 3.8) is 0 Å². The molecule has 2 heterocycles. The number of hydrogen-bond acceptors (Lipinski definition) is 3. The number of nitrogens with one attached hydrogen (secondary N) is 1. The van der Waals surface area contributed by atoms with Gasteiger partial charge in [-0.05, 0) is 37.1 Å². The van der Waals surface area contributed by atoms with Crippen molar-refractivity contribution in [2.75, 3.05) is 5.32 Å². The lowest BCUT2D eigenvalue weighted by Gasteiger charge is -2.04. The molecule has 1 N–H and O–H groups in total. The second-order valence-corrected chi connectivity index (χ2v) is 5.33. The lowest BCUT2D eigenvalue weighted by atomic mass is 10.1. The van der Waals surface area contributed by atoms with E-state index >= 15 is 0 Å². The maximum Gasteiger partial charge on any atom is 0.230 e. The number of anilines is 1. The van der Waals surface area contributed by atoms with E-state index in [0.717, 1.165) is 28.6 Å². The smallest absolute Gasteiger partial charge is 0.230 e. The number of amides is 1. The van der Waals surface area contributed by atoms with E-state index in [1.807, 2.05) is 31.2 Å². The van der Waals surface area contributed by atoms with Crippen molar-refractivity contribution in [3.05, 3.63) is 59.5 Å². The quantitative estimate of drug-likeness (QED) is 0.794. The molecule has 3 rings (SSSR count). The molecule has 4 nitrogen and oxygen atoms in total. The molecule has 0 aliphatic rings. The van der Waals surface area contributed by atoms with Crippen LogP contribution in [0.1, 0.15) is 23.7 Å². The Bertz CT molecular complexity index is 821. The SMILES string of the molecule is CCc1ccc2c(CC(=O)Nc3cccc(C)n3)coc2c1. The summed E-state index contributed by atoms with van der Waals surface area (Å²) < 4.78 is 5.57. The van der Waals surface area contributed by atoms with Gasteiger partial charge in [-0.1, -0.05) is 25.1 Å². The van der Waals surface area contributed by atoms with Crippen LogP contribution >= 0.6 is 0 Å². The summed E-state index contributed by atoms with van der Waals surface area (Å²) in [6.07, 6.45) is 2.90. The first-order chi connectivity index (χ1) is 10.7. The number of nitrogens with zero attached hydrogens (tertiary/aromatic N) is 1. The van der Waals surface area contributed by atoms with E-state index in [-0.39, 0.29) is 12.3 Å². The monoisotopic (exact) mass is 294 g/mol. The topological polar surface area (TPSA) is 55.1 Å². The molecule has 0 saturated carbocycles. The second kappa shape index (κ2) is 6.02. The fraction of sp³-hybridized carbons (Fsp3) is 0.222. The molecule has 0 bridgehead atoms. The van der Waals surface area contributed by atoms with Crippen molar-refractivity contribution >= 4 is 22.7 Å². The summed E-state index contributed by atoms with van der Waals surface area (Å²) in [7, 11) is 0. The zero-order valence-corrected chi connectivity index (χ0v) is 12.7. The highest BCUT2D eigenvalue weighted by atomic mass is 16.3. The first kappa shape index (κ1) is 14.3. The van der Waals surface area contributed by atoms with E-state index in [0.29, 0.717) is 5.82 Å². The van der Waals surface area contributed by atoms with Crippen LogP contribution in [-0.4, -0.2) is 10.9 Å². The molecule has 22 heavy (non-hydrogen) atoms. The van der Waals surface area contributed by atoms with Gasteiger partial charge in [-0.25, -0.2) is 4.98 Å². The highest BCUT2D eigenvalue weighted by Gasteiger charge is 2.11. The third-order valence-corrected chi connectivity index (χ3v) is 3.64. The first-order valence-electron chi connectivity index (χ1n) is 7.38. The number of furan rings is 1. The van der Waals surface area contributed by atoms with Gasteiger partial charge >= 0.3 is 0 Å². The number of carbonyl (C=O) groups excluding carboxylic acids is 1. The molecule has 0 fully saturated rings. The van der Waals surface area contributed by atoms with Gasteiger partial charge in [0.25, 0.3) is 0 Å². The molecular weight excluding hydrogens is 276 g/mol. The number of rotatable bonds is 4. The molecule has 4 heteroatoms. The van der Waals surface area contributed by atoms with E-state index in [1.54, 1.807) is 12.3 Å². The Balaban J connectivity index is 1.76. The average molecular weight is 294 g/mol. The molecule has 0 aliphatic heterocycles. The van der Waals surface area contributed by atoms with E-state index in [2.05, 4.69) is 23.3 Å². The maximum absolute atomic E-state index is 12.2. The molecule has 0 aliphatic carbocycles. The zero-order valence-electron chi connectivity index (χ0n) is 12.7. The summed E-state index contributed by atoms with van der Waals surface area (Å²) in [4.78, 5) is 16.4. The standard InChI is InChI=1S/C18H18N2O2/c1-3-13-7-8-15-14(11-22-16(15)9-13)10-18(21)20-17-6-4-5-12(2)19-17/h4-9,11H,3,10H2,1-2H3,(H,19,20,21). The van der Waals surface area contributed by atoms with Crippen LogP contribution in [0.5, 0.6) is 0 Å². The number of pyridine rings is 1. The molecule has 0 unspecified atom stereocenters. The van der Waals surface area contributed by atoms with Crippen molar-refractivity contribution in [1.29, 1.82) is 0 Å². The van der Waals surface area contributed by atoms with Crippen LogP contribution in [0.15, 0.2) is 47.1 Å². The Morgan fingerprint density at radius 2 is 2.14 bits per heavy atom. The third-order valence-electron chi connectivity index (χ3n) is 3.64. The fourth-order valence-corrected chi connectivity index (χ4v) is 2.46. The van der Waals surface area contributed by atoms with Crippen LogP contribution in [0.4, 0.5) is 5.82 Å². The Morgan fingerprint density at radius 1 is 1.27 bits per heavy atom. The van der Waals surface area contributed by atoms with Gasteiger partial charge in [0.1, 0.15) is 11.4 Å². The van der Waals surface area contributed by atoms with Crippen molar-refractivity contribution < 1.29 is 9.21 Å². The van der Waals surface area contributed by atoms with Gasteiger partial charge < -0.3 is 9.73 Å². The predicted molar refractivity (Wildman–Crippen MR) is 86.9 cm³/mol. The summed E-state index contributed by atoms with van der Waals surface area (Å²) in [6.45, 7) is 4.00. The van der Waals surface area contributed by atoms with Gasteiger partial charge in [-0.15, -0.1) is 0 Å². The van der Waals surface area contributed by atoms with Gasteiger partial charge in [-0.3, -0.25) is 4.79 Å². The van der Waals surface area contributed by atoms with Crippen molar-refractivity contribution in [1.82, 2.24) is 4.98 Å². The van der Waals surface area contributed by atoms with E-state index in [4.69, 9.17) is 4.42 Å². The highest BCUT2D eigenvalue weighted by Crippen LogP contribution is 2.23. The summed E-state index contributed by atoms with van der Waals surface area (Å²) >= 11 is 0. The molecule has 112 valence electrons. The Kier molecular flexibility index (Phi) is 3.92. The Hall–Kier alpha value is -2.62. The summed E-state index contributed by atoms with van der Waals surface area (Å²) in [5.41, 5.74) is 3.82. The van der Waals surface area contributed by atoms with Gasteiger partial charge in [0.05, 0.1) is 12.7 Å². The van der Waals surface area contributed by atoms with E-state index in [1.165, 1.54) is 5.56 Å². The summed E-state index contributed by atoms with van der Waals surface area (Å²) in [5.74, 6) is 0.478. The molecular formula is C18H18N2O2. The summed E-state index contributed by atoms with van der Waals surface area (Å²) in [6, 6.07) is 11.7. The molecule has 1 aromatic carbocycles. The molecule has 0 saturated heterocycles. The van der Waals surface area contributed by atoms with Crippen LogP contribution < -0.4 is 5.32 Å². The number of aryl methyl sites for hydroxylation is 2. The number of fused-ring (bicyclic) bond motifs is 1. The maximum atomic E-state index is 12.2. The largest absolute Gasteiger partial charge is 0.464 e. The molecule has 3 aromatic rings. The lowest BCUT2D eigenvalue weighted by molar-refractivity contribution is -0.115. The molecule has 1 amide bonds. The normalized spacial score (nSPS) is 10.8. The van der Waals surface area contributed by atoms with Gasteiger partial charge in [-0.2, -0.15) is 0 Å². The first-order valence-corrected chi connectivity index (χ1v) is 7.38. The molecule has 0 atom stereocenters. The van der Waals surface area contributed by atoms with Crippen LogP contribution in [0.3, 0.4) is 0 Å². The molecule has 2 aromatic heterocycles. The van der Waals surface area contributed by atoms with E-state index in [9.17, 15) is 4.79 Å². The minimum atomic E-state index is -0.0969. The number of carbonyl (C=O) groups is 1. The van der Waals surface area contributed by atoms with Crippen molar-refractivity contribution in [2.45, 2.75) is 26.7 Å². The highest BCUT2D eigenvalue weighted by molar-refractivity contribution is 5.94. The van der Waals surface area contributed by atoms with Crippen molar-refractivity contribution in [3.8, 4) is 0 Å². The fourth-order valence-electron chi connectivity index (χ4n) is 2.46. The van der Waals surface area contributed by atoms with Crippen LogP contribution in [0, 0.1) is 6.92 Å². The Labute approximate surface area is 129 Å². The number of aromatic nitrogens is 1. The van der Waals surface area contributed by atoms with Gasteiger partial charge in [0.2, 0.25) is 5.91 Å².